The van der Waals surface area contributed by atoms with Gasteiger partial charge in [-0.2, -0.15) is 11.8 Å². The molecule has 0 aromatic rings. The monoisotopic (exact) mass is 122 g/mol. The first-order valence-electron chi connectivity index (χ1n) is 2.55. The van der Waals surface area contributed by atoms with Gasteiger partial charge in [0.25, 0.3) is 0 Å². The maximum atomic E-state index is 11.3. The molecule has 2 heteroatoms. The molecule has 7 heavy (non-hydrogen) atoms. The first-order valence-corrected chi connectivity index (χ1v) is 3.71. The molecule has 0 amide bonds. The first-order chi connectivity index (χ1) is 3.41. The highest BCUT2D eigenvalue weighted by Gasteiger charge is 1.82. The number of hydrogen-bond donors (Lipinski definition) is 0. The fourth-order valence-electron chi connectivity index (χ4n) is 0.301. The van der Waals surface area contributed by atoms with E-state index in [1.165, 1.54) is 0 Å². The van der Waals surface area contributed by atoms with E-state index in [1.807, 2.05) is 0 Å². The van der Waals surface area contributed by atoms with Crippen LogP contribution in [0.4, 0.5) is 4.39 Å². The van der Waals surface area contributed by atoms with Gasteiger partial charge in [-0.3, -0.25) is 4.39 Å². The maximum absolute atomic E-state index is 11.3. The van der Waals surface area contributed by atoms with Gasteiger partial charge in [0.15, 0.2) is 0 Å². The van der Waals surface area contributed by atoms with Crippen molar-refractivity contribution in [3.63, 3.8) is 0 Å². The highest BCUT2D eigenvalue weighted by molar-refractivity contribution is 7.99. The van der Waals surface area contributed by atoms with E-state index in [0.29, 0.717) is 0 Å². The predicted octanol–water partition coefficient (Wildman–Crippen LogP) is 2.10. The van der Waals surface area contributed by atoms with Gasteiger partial charge in [0.1, 0.15) is 0 Å². The smallest absolute Gasteiger partial charge is 0.0902 e. The molecule has 0 aliphatic carbocycles. The molecule has 0 fully saturated rings. The van der Waals surface area contributed by atoms with Crippen molar-refractivity contribution in [1.29, 1.82) is 0 Å². The topological polar surface area (TPSA) is 0 Å². The molecule has 0 atom stereocenters. The number of hydrogen-bond acceptors (Lipinski definition) is 1. The van der Waals surface area contributed by atoms with Crippen LogP contribution in [-0.2, 0) is 0 Å². The molecule has 0 aromatic heterocycles. The molecule has 0 unspecified atom stereocenters. The molecule has 0 radical (unpaired) electrons. The molecule has 0 nitrogen and oxygen atoms in total. The van der Waals surface area contributed by atoms with E-state index >= 15 is 0 Å². The van der Waals surface area contributed by atoms with E-state index < -0.39 is 0 Å². The molecule has 44 valence electrons. The van der Waals surface area contributed by atoms with Crippen molar-refractivity contribution in [2.45, 2.75) is 13.3 Å². The van der Waals surface area contributed by atoms with Gasteiger partial charge in [0, 0.05) is 0 Å². The Morgan fingerprint density at radius 1 is 1.57 bits per heavy atom. The average molecular weight is 122 g/mol. The number of thioether (sulfide) groups is 1. The molecular weight excluding hydrogens is 111 g/mol. The molecule has 0 spiro atoms. The van der Waals surface area contributed by atoms with Crippen molar-refractivity contribution in [3.05, 3.63) is 0 Å². The molecule has 0 aromatic carbocycles. The van der Waals surface area contributed by atoms with Crippen LogP contribution in [0.25, 0.3) is 0 Å². The Hall–Kier alpha value is 0.280. The molecule has 0 rings (SSSR count). The van der Waals surface area contributed by atoms with Crippen molar-refractivity contribution >= 4 is 11.8 Å². The highest BCUT2D eigenvalue weighted by Crippen LogP contribution is 1.99. The number of halogens is 1. The van der Waals surface area contributed by atoms with Gasteiger partial charge in [-0.1, -0.05) is 6.92 Å². The van der Waals surface area contributed by atoms with Crippen molar-refractivity contribution in [2.75, 3.05) is 18.2 Å². The second-order valence-electron chi connectivity index (χ2n) is 1.24. The number of rotatable bonds is 4. The van der Waals surface area contributed by atoms with Crippen molar-refractivity contribution < 1.29 is 4.39 Å². The summed E-state index contributed by atoms with van der Waals surface area (Å²) >= 11 is 1.79. The quantitative estimate of drug-likeness (QED) is 0.514. The average Bonchev–Trinajstić information content (AvgIpc) is 1.69. The Balaban J connectivity index is 2.45. The Bertz CT molecular complexity index is 27.3. The largest absolute Gasteiger partial charge is 0.251 e. The van der Waals surface area contributed by atoms with E-state index in [1.54, 1.807) is 11.8 Å². The lowest BCUT2D eigenvalue weighted by atomic mass is 10.6. The second-order valence-corrected chi connectivity index (χ2v) is 2.63. The Morgan fingerprint density at radius 3 is 2.71 bits per heavy atom. The SMILES string of the molecule is CCSCCCF. The van der Waals surface area contributed by atoms with Gasteiger partial charge in [0.05, 0.1) is 6.67 Å². The summed E-state index contributed by atoms with van der Waals surface area (Å²) in [5, 5.41) is 0. The lowest BCUT2D eigenvalue weighted by Crippen LogP contribution is -1.80. The van der Waals surface area contributed by atoms with Crippen LogP contribution in [0, 0.1) is 0 Å². The lowest BCUT2D eigenvalue weighted by Gasteiger charge is -1.89. The summed E-state index contributed by atoms with van der Waals surface area (Å²) in [6.07, 6.45) is 0.721. The molecular formula is C5H11FS. The van der Waals surface area contributed by atoms with Crippen molar-refractivity contribution in [1.82, 2.24) is 0 Å². The minimum atomic E-state index is -0.160. The molecule has 0 aliphatic rings. The van der Waals surface area contributed by atoms with E-state index in [2.05, 4.69) is 6.92 Å². The predicted molar refractivity (Wildman–Crippen MR) is 33.6 cm³/mol. The molecule has 0 saturated heterocycles. The normalized spacial score (nSPS) is 9.43. The van der Waals surface area contributed by atoms with Crippen LogP contribution in [0.15, 0.2) is 0 Å². The summed E-state index contributed by atoms with van der Waals surface area (Å²) < 4.78 is 11.3. The van der Waals surface area contributed by atoms with Crippen LogP contribution in [0.3, 0.4) is 0 Å². The van der Waals surface area contributed by atoms with Gasteiger partial charge in [-0.15, -0.1) is 0 Å². The molecule has 0 aliphatic heterocycles. The minimum absolute atomic E-state index is 0.160. The van der Waals surface area contributed by atoms with Gasteiger partial charge in [-0.05, 0) is 17.9 Å². The van der Waals surface area contributed by atoms with Gasteiger partial charge in [-0.25, -0.2) is 0 Å². The summed E-state index contributed by atoms with van der Waals surface area (Å²) in [7, 11) is 0. The summed E-state index contributed by atoms with van der Waals surface area (Å²) in [4.78, 5) is 0. The van der Waals surface area contributed by atoms with Crippen LogP contribution in [0.2, 0.25) is 0 Å². The van der Waals surface area contributed by atoms with Crippen LogP contribution in [0.1, 0.15) is 13.3 Å². The second kappa shape index (κ2) is 6.28. The first kappa shape index (κ1) is 7.28. The van der Waals surface area contributed by atoms with Crippen LogP contribution >= 0.6 is 11.8 Å². The number of alkyl halides is 1. The van der Waals surface area contributed by atoms with E-state index in [4.69, 9.17) is 0 Å². The zero-order valence-electron chi connectivity index (χ0n) is 4.61. The molecule has 0 N–H and O–H groups in total. The third kappa shape index (κ3) is 6.28. The standard InChI is InChI=1S/C5H11FS/c1-2-7-5-3-4-6/h2-5H2,1H3. The maximum Gasteiger partial charge on any atom is 0.0902 e. The fourth-order valence-corrected chi connectivity index (χ4v) is 0.903. The summed E-state index contributed by atoms with van der Waals surface area (Å²) in [5.74, 6) is 2.09. The summed E-state index contributed by atoms with van der Waals surface area (Å²) in [6.45, 7) is 1.93. The fraction of sp³-hybridized carbons (Fsp3) is 1.00. The van der Waals surface area contributed by atoms with Crippen molar-refractivity contribution in [2.24, 2.45) is 0 Å². The molecule has 0 saturated carbocycles. The zero-order valence-corrected chi connectivity index (χ0v) is 5.43. The summed E-state index contributed by atoms with van der Waals surface area (Å²) in [5.41, 5.74) is 0. The van der Waals surface area contributed by atoms with E-state index in [9.17, 15) is 4.39 Å². The van der Waals surface area contributed by atoms with Gasteiger partial charge < -0.3 is 0 Å². The Kier molecular flexibility index (Phi) is 6.53. The van der Waals surface area contributed by atoms with Gasteiger partial charge >= 0.3 is 0 Å². The van der Waals surface area contributed by atoms with E-state index in [0.717, 1.165) is 17.9 Å². The third-order valence-electron chi connectivity index (χ3n) is 0.626. The van der Waals surface area contributed by atoms with E-state index in [-0.39, 0.29) is 6.67 Å². The Morgan fingerprint density at radius 2 is 2.29 bits per heavy atom. The highest BCUT2D eigenvalue weighted by atomic mass is 32.2. The molecule has 0 bridgehead atoms. The Labute approximate surface area is 48.5 Å². The van der Waals surface area contributed by atoms with Crippen LogP contribution < -0.4 is 0 Å². The van der Waals surface area contributed by atoms with Gasteiger partial charge in [0.2, 0.25) is 0 Å². The molecule has 0 heterocycles. The zero-order chi connectivity index (χ0) is 5.54. The summed E-state index contributed by atoms with van der Waals surface area (Å²) in [6, 6.07) is 0. The minimum Gasteiger partial charge on any atom is -0.251 e. The van der Waals surface area contributed by atoms with Crippen LogP contribution in [-0.4, -0.2) is 18.2 Å². The van der Waals surface area contributed by atoms with Crippen molar-refractivity contribution in [3.8, 4) is 0 Å². The van der Waals surface area contributed by atoms with Crippen LogP contribution in [0.5, 0.6) is 0 Å². The third-order valence-corrected chi connectivity index (χ3v) is 1.61. The lowest BCUT2D eigenvalue weighted by molar-refractivity contribution is 0.489.